The van der Waals surface area contributed by atoms with Crippen LogP contribution in [0.3, 0.4) is 0 Å². The first-order valence-electron chi connectivity index (χ1n) is 5.77. The number of imidazole rings is 1. The Labute approximate surface area is 100 Å². The van der Waals surface area contributed by atoms with Crippen LogP contribution in [0.15, 0.2) is 18.5 Å². The first-order chi connectivity index (χ1) is 8.17. The number of rotatable bonds is 4. The number of ketones is 1. The summed E-state index contributed by atoms with van der Waals surface area (Å²) < 4.78 is 3.55. The maximum absolute atomic E-state index is 12.3. The highest BCUT2D eigenvalue weighted by molar-refractivity contribution is 6.05. The minimum Gasteiger partial charge on any atom is -0.328 e. The summed E-state index contributed by atoms with van der Waals surface area (Å²) in [5.41, 5.74) is 1.45. The van der Waals surface area contributed by atoms with Crippen molar-refractivity contribution in [2.24, 2.45) is 0 Å². The van der Waals surface area contributed by atoms with Gasteiger partial charge in [0.25, 0.3) is 0 Å². The number of aryl methyl sites for hydroxylation is 3. The summed E-state index contributed by atoms with van der Waals surface area (Å²) in [5.74, 6) is 0.404. The molecule has 0 atom stereocenters. The summed E-state index contributed by atoms with van der Waals surface area (Å²) in [6.45, 7) is 7.26. The third-order valence-corrected chi connectivity index (χ3v) is 2.69. The van der Waals surface area contributed by atoms with E-state index < -0.39 is 0 Å². The Balaban J connectivity index is 2.43. The molecule has 2 rings (SSSR count). The zero-order chi connectivity index (χ0) is 12.4. The van der Waals surface area contributed by atoms with Crippen molar-refractivity contribution < 1.29 is 4.79 Å². The summed E-state index contributed by atoms with van der Waals surface area (Å²) in [5, 5.41) is 4.27. The Bertz CT molecular complexity index is 538. The Hall–Kier alpha value is -1.91. The molecule has 0 aliphatic rings. The van der Waals surface area contributed by atoms with E-state index in [1.807, 2.05) is 31.5 Å². The largest absolute Gasteiger partial charge is 0.328 e. The third-order valence-electron chi connectivity index (χ3n) is 2.69. The Morgan fingerprint density at radius 2 is 2.12 bits per heavy atom. The summed E-state index contributed by atoms with van der Waals surface area (Å²) in [4.78, 5) is 16.5. The van der Waals surface area contributed by atoms with Crippen LogP contribution in [0.1, 0.15) is 35.9 Å². The van der Waals surface area contributed by atoms with E-state index in [-0.39, 0.29) is 5.78 Å². The number of carbonyl (C=O) groups excluding carboxylic acids is 1. The fourth-order valence-electron chi connectivity index (χ4n) is 1.86. The van der Waals surface area contributed by atoms with E-state index in [2.05, 4.69) is 10.1 Å². The molecule has 2 aromatic heterocycles. The molecule has 0 bridgehead atoms. The normalized spacial score (nSPS) is 10.8. The second-order valence-corrected chi connectivity index (χ2v) is 3.85. The monoisotopic (exact) mass is 232 g/mol. The maximum Gasteiger partial charge on any atom is 0.246 e. The van der Waals surface area contributed by atoms with E-state index in [9.17, 15) is 4.79 Å². The molecule has 0 fully saturated rings. The molecule has 90 valence electrons. The first-order valence-corrected chi connectivity index (χ1v) is 5.77. The zero-order valence-electron chi connectivity index (χ0n) is 10.3. The number of hydrogen-bond acceptors (Lipinski definition) is 3. The lowest BCUT2D eigenvalue weighted by Crippen LogP contribution is -2.15. The van der Waals surface area contributed by atoms with Crippen molar-refractivity contribution in [3.05, 3.63) is 35.7 Å². The molecule has 0 aliphatic carbocycles. The first kappa shape index (κ1) is 11.6. The Kier molecular flexibility index (Phi) is 3.08. The maximum atomic E-state index is 12.3. The smallest absolute Gasteiger partial charge is 0.246 e. The number of aromatic nitrogens is 4. The number of carbonyl (C=O) groups is 1. The van der Waals surface area contributed by atoms with Crippen molar-refractivity contribution in [3.8, 4) is 0 Å². The second kappa shape index (κ2) is 4.53. The average molecular weight is 232 g/mol. The summed E-state index contributed by atoms with van der Waals surface area (Å²) in [6, 6.07) is 1.81. The fourth-order valence-corrected chi connectivity index (χ4v) is 1.86. The molecular weight excluding hydrogens is 216 g/mol. The van der Waals surface area contributed by atoms with Gasteiger partial charge < -0.3 is 4.57 Å². The fraction of sp³-hybridized carbons (Fsp3) is 0.417. The average Bonchev–Trinajstić information content (AvgIpc) is 2.93. The molecule has 0 N–H and O–H groups in total. The van der Waals surface area contributed by atoms with Gasteiger partial charge in [0.2, 0.25) is 5.78 Å². The lowest BCUT2D eigenvalue weighted by atomic mass is 10.2. The molecule has 5 nitrogen and oxygen atoms in total. The van der Waals surface area contributed by atoms with Gasteiger partial charge in [-0.2, -0.15) is 5.10 Å². The van der Waals surface area contributed by atoms with Crippen molar-refractivity contribution in [1.82, 2.24) is 19.3 Å². The molecule has 0 radical (unpaired) electrons. The van der Waals surface area contributed by atoms with Crippen molar-refractivity contribution in [3.63, 3.8) is 0 Å². The summed E-state index contributed by atoms with van der Waals surface area (Å²) in [7, 11) is 0. The minimum atomic E-state index is -0.0701. The summed E-state index contributed by atoms with van der Waals surface area (Å²) in [6.07, 6.45) is 3.46. The van der Waals surface area contributed by atoms with Gasteiger partial charge in [0.1, 0.15) is 5.69 Å². The van der Waals surface area contributed by atoms with Gasteiger partial charge in [0.05, 0.1) is 5.69 Å². The molecule has 2 aromatic rings. The van der Waals surface area contributed by atoms with Crippen LogP contribution in [0.25, 0.3) is 0 Å². The lowest BCUT2D eigenvalue weighted by molar-refractivity contribution is 0.101. The van der Waals surface area contributed by atoms with Crippen LogP contribution in [-0.4, -0.2) is 25.1 Å². The van der Waals surface area contributed by atoms with E-state index in [1.54, 1.807) is 16.9 Å². The Morgan fingerprint density at radius 1 is 1.35 bits per heavy atom. The van der Waals surface area contributed by atoms with E-state index in [4.69, 9.17) is 0 Å². The second-order valence-electron chi connectivity index (χ2n) is 3.85. The number of hydrogen-bond donors (Lipinski definition) is 0. The van der Waals surface area contributed by atoms with Gasteiger partial charge in [0.15, 0.2) is 5.82 Å². The molecule has 5 heteroatoms. The highest BCUT2D eigenvalue weighted by Gasteiger charge is 2.19. The predicted molar refractivity (Wildman–Crippen MR) is 64.0 cm³/mol. The van der Waals surface area contributed by atoms with Crippen LogP contribution in [0.5, 0.6) is 0 Å². The lowest BCUT2D eigenvalue weighted by Gasteiger charge is -2.05. The molecule has 17 heavy (non-hydrogen) atoms. The molecule has 0 amide bonds. The highest BCUT2D eigenvalue weighted by atomic mass is 16.1. The van der Waals surface area contributed by atoms with Gasteiger partial charge in [-0.05, 0) is 26.8 Å². The van der Waals surface area contributed by atoms with E-state index in [1.165, 1.54) is 0 Å². The quantitative estimate of drug-likeness (QED) is 0.753. The molecule has 0 spiro atoms. The third kappa shape index (κ3) is 2.00. The molecule has 2 heterocycles. The molecule has 0 aromatic carbocycles. The van der Waals surface area contributed by atoms with Gasteiger partial charge in [-0.15, -0.1) is 0 Å². The predicted octanol–water partition coefficient (Wildman–Crippen LogP) is 1.66. The molecule has 0 saturated carbocycles. The topological polar surface area (TPSA) is 52.7 Å². The van der Waals surface area contributed by atoms with Crippen molar-refractivity contribution >= 4 is 5.78 Å². The van der Waals surface area contributed by atoms with Crippen LogP contribution >= 0.6 is 0 Å². The molecule has 0 saturated heterocycles. The van der Waals surface area contributed by atoms with Gasteiger partial charge in [-0.3, -0.25) is 9.48 Å². The number of nitrogens with zero attached hydrogens (tertiary/aromatic N) is 4. The van der Waals surface area contributed by atoms with E-state index >= 15 is 0 Å². The van der Waals surface area contributed by atoms with Gasteiger partial charge >= 0.3 is 0 Å². The van der Waals surface area contributed by atoms with E-state index in [0.29, 0.717) is 18.1 Å². The van der Waals surface area contributed by atoms with Gasteiger partial charge in [-0.25, -0.2) is 4.98 Å². The van der Waals surface area contributed by atoms with Crippen molar-refractivity contribution in [2.75, 3.05) is 0 Å². The standard InChI is InChI=1S/C12H16N4O/c1-4-15-7-6-13-12(15)11(17)10-8-9(3)14-16(10)5-2/h6-8H,4-5H2,1-3H3. The van der Waals surface area contributed by atoms with Crippen LogP contribution in [0.2, 0.25) is 0 Å². The highest BCUT2D eigenvalue weighted by Crippen LogP contribution is 2.10. The Morgan fingerprint density at radius 3 is 2.76 bits per heavy atom. The molecule has 0 aliphatic heterocycles. The van der Waals surface area contributed by atoms with Gasteiger partial charge in [0, 0.05) is 25.5 Å². The van der Waals surface area contributed by atoms with Crippen molar-refractivity contribution in [1.29, 1.82) is 0 Å². The summed E-state index contributed by atoms with van der Waals surface area (Å²) >= 11 is 0. The SMILES string of the molecule is CCn1ccnc1C(=O)c1cc(C)nn1CC. The van der Waals surface area contributed by atoms with Gasteiger partial charge in [-0.1, -0.05) is 0 Å². The van der Waals surface area contributed by atoms with Crippen LogP contribution in [0.4, 0.5) is 0 Å². The molecule has 0 unspecified atom stereocenters. The van der Waals surface area contributed by atoms with Crippen molar-refractivity contribution in [2.45, 2.75) is 33.9 Å². The van der Waals surface area contributed by atoms with E-state index in [0.717, 1.165) is 12.2 Å². The minimum absolute atomic E-state index is 0.0701. The van der Waals surface area contributed by atoms with Crippen LogP contribution in [0, 0.1) is 6.92 Å². The zero-order valence-corrected chi connectivity index (χ0v) is 10.3. The van der Waals surface area contributed by atoms with Crippen LogP contribution < -0.4 is 0 Å². The molecular formula is C12H16N4O. The van der Waals surface area contributed by atoms with Crippen LogP contribution in [-0.2, 0) is 13.1 Å².